The van der Waals surface area contributed by atoms with Crippen LogP contribution < -0.4 is 5.32 Å². The standard InChI is InChI=1S/C13H12N4O2/c1-6-10-8(5-9-14-3-4-15-9)13(19)17-12(10)16-7(2)11(6)18/h3-5,18H,1-2H3,(H,14,15)(H,16,17,19)/b8-5-. The van der Waals surface area contributed by atoms with Crippen molar-refractivity contribution in [1.82, 2.24) is 15.0 Å². The van der Waals surface area contributed by atoms with Crippen LogP contribution in [0.5, 0.6) is 5.75 Å². The van der Waals surface area contributed by atoms with Crippen LogP contribution >= 0.6 is 0 Å². The minimum atomic E-state index is -0.244. The van der Waals surface area contributed by atoms with Gasteiger partial charge in [-0.05, 0) is 19.9 Å². The molecule has 0 atom stereocenters. The smallest absolute Gasteiger partial charge is 0.257 e. The largest absolute Gasteiger partial charge is 0.506 e. The summed E-state index contributed by atoms with van der Waals surface area (Å²) < 4.78 is 0. The summed E-state index contributed by atoms with van der Waals surface area (Å²) in [6, 6.07) is 0. The number of anilines is 1. The molecule has 6 heteroatoms. The number of aryl methyl sites for hydroxylation is 1. The fraction of sp³-hybridized carbons (Fsp3) is 0.154. The second-order valence-corrected chi connectivity index (χ2v) is 4.38. The van der Waals surface area contributed by atoms with Crippen LogP contribution in [0.4, 0.5) is 5.82 Å². The third kappa shape index (κ3) is 1.69. The molecule has 0 bridgehead atoms. The van der Waals surface area contributed by atoms with Crippen LogP contribution in [-0.4, -0.2) is 26.0 Å². The highest BCUT2D eigenvalue weighted by Crippen LogP contribution is 2.38. The molecule has 3 N–H and O–H groups in total. The fourth-order valence-electron chi connectivity index (χ4n) is 2.18. The Morgan fingerprint density at radius 3 is 2.84 bits per heavy atom. The number of amides is 1. The molecule has 0 saturated carbocycles. The molecule has 0 unspecified atom stereocenters. The lowest BCUT2D eigenvalue weighted by molar-refractivity contribution is -0.110. The summed E-state index contributed by atoms with van der Waals surface area (Å²) >= 11 is 0. The van der Waals surface area contributed by atoms with Crippen LogP contribution in [0.3, 0.4) is 0 Å². The van der Waals surface area contributed by atoms with E-state index in [1.165, 1.54) is 0 Å². The molecule has 2 aromatic rings. The minimum Gasteiger partial charge on any atom is -0.506 e. The van der Waals surface area contributed by atoms with Gasteiger partial charge in [0.05, 0.1) is 11.3 Å². The van der Waals surface area contributed by atoms with E-state index in [4.69, 9.17) is 0 Å². The summed E-state index contributed by atoms with van der Waals surface area (Å²) in [5.41, 5.74) is 2.21. The van der Waals surface area contributed by atoms with E-state index in [0.717, 1.165) is 0 Å². The van der Waals surface area contributed by atoms with Gasteiger partial charge in [-0.15, -0.1) is 0 Å². The first-order valence-corrected chi connectivity index (χ1v) is 5.81. The van der Waals surface area contributed by atoms with Crippen molar-refractivity contribution in [3.8, 4) is 5.75 Å². The Morgan fingerprint density at radius 2 is 2.16 bits per heavy atom. The summed E-state index contributed by atoms with van der Waals surface area (Å²) in [4.78, 5) is 23.2. The van der Waals surface area contributed by atoms with Gasteiger partial charge in [-0.25, -0.2) is 9.97 Å². The minimum absolute atomic E-state index is 0.112. The lowest BCUT2D eigenvalue weighted by Gasteiger charge is -2.07. The fourth-order valence-corrected chi connectivity index (χ4v) is 2.18. The van der Waals surface area contributed by atoms with Crippen molar-refractivity contribution in [1.29, 1.82) is 0 Å². The molecule has 3 rings (SSSR count). The van der Waals surface area contributed by atoms with Crippen molar-refractivity contribution in [2.45, 2.75) is 13.8 Å². The summed E-state index contributed by atoms with van der Waals surface area (Å²) in [5.74, 6) is 0.931. The zero-order valence-corrected chi connectivity index (χ0v) is 10.5. The number of nitrogens with zero attached hydrogens (tertiary/aromatic N) is 2. The number of rotatable bonds is 1. The third-order valence-electron chi connectivity index (χ3n) is 3.14. The second-order valence-electron chi connectivity index (χ2n) is 4.38. The molecule has 0 spiro atoms. The molecule has 19 heavy (non-hydrogen) atoms. The van der Waals surface area contributed by atoms with Gasteiger partial charge in [0, 0.05) is 23.5 Å². The van der Waals surface area contributed by atoms with Gasteiger partial charge in [0.1, 0.15) is 17.4 Å². The normalized spacial score (nSPS) is 15.7. The van der Waals surface area contributed by atoms with Gasteiger partial charge in [0.15, 0.2) is 0 Å². The SMILES string of the molecule is Cc1nc2c(c(C)c1O)/C(=C/c1ncc[nH]1)C(=O)N2. The number of imidazole rings is 1. The van der Waals surface area contributed by atoms with Crippen molar-refractivity contribution in [3.05, 3.63) is 35.0 Å². The van der Waals surface area contributed by atoms with Crippen LogP contribution in [0, 0.1) is 13.8 Å². The molecule has 0 saturated heterocycles. The Hall–Kier alpha value is -2.63. The lowest BCUT2D eigenvalue weighted by atomic mass is 10.0. The topological polar surface area (TPSA) is 90.9 Å². The molecule has 0 radical (unpaired) electrons. The summed E-state index contributed by atoms with van der Waals surface area (Å²) in [6.45, 7) is 3.46. The van der Waals surface area contributed by atoms with E-state index >= 15 is 0 Å². The first-order chi connectivity index (χ1) is 9.08. The predicted octanol–water partition coefficient (Wildman–Crippen LogP) is 1.62. The van der Waals surface area contributed by atoms with Gasteiger partial charge in [-0.2, -0.15) is 0 Å². The van der Waals surface area contributed by atoms with E-state index in [1.54, 1.807) is 32.3 Å². The van der Waals surface area contributed by atoms with E-state index in [9.17, 15) is 9.90 Å². The maximum Gasteiger partial charge on any atom is 0.257 e. The molecule has 0 aromatic carbocycles. The van der Waals surface area contributed by atoms with Crippen LogP contribution in [0.2, 0.25) is 0 Å². The van der Waals surface area contributed by atoms with Crippen molar-refractivity contribution < 1.29 is 9.90 Å². The van der Waals surface area contributed by atoms with Crippen LogP contribution in [-0.2, 0) is 4.79 Å². The molecular weight excluding hydrogens is 244 g/mol. The summed E-state index contributed by atoms with van der Waals surface area (Å²) in [5, 5.41) is 12.6. The zero-order valence-electron chi connectivity index (χ0n) is 10.5. The average Bonchev–Trinajstić information content (AvgIpc) is 2.97. The number of aromatic hydroxyl groups is 1. The van der Waals surface area contributed by atoms with Gasteiger partial charge < -0.3 is 15.4 Å². The number of H-pyrrole nitrogens is 1. The Labute approximate surface area is 109 Å². The number of carbonyl (C=O) groups is 1. The molecule has 3 heterocycles. The molecule has 1 aliphatic rings. The molecule has 96 valence electrons. The number of hydrogen-bond acceptors (Lipinski definition) is 4. The number of carbonyl (C=O) groups excluding carboxylic acids is 1. The predicted molar refractivity (Wildman–Crippen MR) is 70.5 cm³/mol. The Balaban J connectivity index is 2.22. The van der Waals surface area contributed by atoms with E-state index in [2.05, 4.69) is 20.3 Å². The van der Waals surface area contributed by atoms with Crippen molar-refractivity contribution in [2.75, 3.05) is 5.32 Å². The van der Waals surface area contributed by atoms with E-state index in [1.807, 2.05) is 0 Å². The van der Waals surface area contributed by atoms with Gasteiger partial charge in [-0.3, -0.25) is 4.79 Å². The Morgan fingerprint density at radius 1 is 1.37 bits per heavy atom. The highest BCUT2D eigenvalue weighted by atomic mass is 16.3. The molecule has 6 nitrogen and oxygen atoms in total. The lowest BCUT2D eigenvalue weighted by Crippen LogP contribution is -2.04. The quantitative estimate of drug-likeness (QED) is 0.676. The number of hydrogen-bond donors (Lipinski definition) is 3. The van der Waals surface area contributed by atoms with Crippen molar-refractivity contribution >= 4 is 23.4 Å². The Kier molecular flexibility index (Phi) is 2.38. The zero-order chi connectivity index (χ0) is 13.6. The van der Waals surface area contributed by atoms with Crippen LogP contribution in [0.25, 0.3) is 11.6 Å². The average molecular weight is 256 g/mol. The first-order valence-electron chi connectivity index (χ1n) is 5.81. The number of nitrogens with one attached hydrogen (secondary N) is 2. The third-order valence-corrected chi connectivity index (χ3v) is 3.14. The van der Waals surface area contributed by atoms with Crippen molar-refractivity contribution in [2.24, 2.45) is 0 Å². The molecule has 2 aromatic heterocycles. The Bertz CT molecular complexity index is 702. The highest BCUT2D eigenvalue weighted by molar-refractivity contribution is 6.34. The molecule has 1 amide bonds. The monoisotopic (exact) mass is 256 g/mol. The summed E-state index contributed by atoms with van der Waals surface area (Å²) in [7, 11) is 0. The van der Waals surface area contributed by atoms with E-state index in [0.29, 0.717) is 34.0 Å². The highest BCUT2D eigenvalue weighted by Gasteiger charge is 2.29. The number of pyridine rings is 1. The van der Waals surface area contributed by atoms with Crippen LogP contribution in [0.15, 0.2) is 12.4 Å². The first kappa shape index (κ1) is 11.5. The maximum atomic E-state index is 12.0. The van der Waals surface area contributed by atoms with Crippen LogP contribution in [0.1, 0.15) is 22.6 Å². The number of aromatic nitrogens is 3. The van der Waals surface area contributed by atoms with Gasteiger partial charge in [-0.1, -0.05) is 0 Å². The number of aromatic amines is 1. The van der Waals surface area contributed by atoms with Gasteiger partial charge in [0.2, 0.25) is 0 Å². The number of fused-ring (bicyclic) bond motifs is 1. The second kappa shape index (κ2) is 3.94. The maximum absolute atomic E-state index is 12.0. The van der Waals surface area contributed by atoms with E-state index < -0.39 is 0 Å². The van der Waals surface area contributed by atoms with Gasteiger partial charge in [0.25, 0.3) is 5.91 Å². The van der Waals surface area contributed by atoms with E-state index in [-0.39, 0.29) is 11.7 Å². The molecule has 0 fully saturated rings. The molecule has 0 aliphatic carbocycles. The molecular formula is C13H12N4O2. The molecule has 1 aliphatic heterocycles. The van der Waals surface area contributed by atoms with Gasteiger partial charge >= 0.3 is 0 Å². The van der Waals surface area contributed by atoms with Crippen molar-refractivity contribution in [3.63, 3.8) is 0 Å². The summed E-state index contributed by atoms with van der Waals surface area (Å²) in [6.07, 6.45) is 4.93.